The van der Waals surface area contributed by atoms with E-state index in [-0.39, 0.29) is 0 Å². The summed E-state index contributed by atoms with van der Waals surface area (Å²) in [7, 11) is 0. The minimum atomic E-state index is 0.299. The van der Waals surface area contributed by atoms with Crippen molar-refractivity contribution in [3.05, 3.63) is 24.3 Å². The normalized spacial score (nSPS) is 10.2. The number of benzene rings is 1. The number of hydrogen-bond donors (Lipinski definition) is 3. The van der Waals surface area contributed by atoms with Crippen molar-refractivity contribution in [3.8, 4) is 5.75 Å². The Labute approximate surface area is 91.5 Å². The van der Waals surface area contributed by atoms with Gasteiger partial charge in [0.1, 0.15) is 5.75 Å². The highest BCUT2D eigenvalue weighted by molar-refractivity contribution is 5.54. The number of rotatable bonds is 7. The Morgan fingerprint density at radius 2 is 2.00 bits per heavy atom. The highest BCUT2D eigenvalue weighted by Gasteiger charge is 1.96. The Morgan fingerprint density at radius 3 is 2.73 bits per heavy atom. The van der Waals surface area contributed by atoms with Gasteiger partial charge >= 0.3 is 0 Å². The fourth-order valence-electron chi connectivity index (χ4n) is 1.37. The smallest absolute Gasteiger partial charge is 0.138 e. The van der Waals surface area contributed by atoms with Gasteiger partial charge in [-0.3, -0.25) is 0 Å². The van der Waals surface area contributed by atoms with Gasteiger partial charge in [0.15, 0.2) is 0 Å². The van der Waals surface area contributed by atoms with E-state index in [1.165, 1.54) is 19.3 Å². The number of phenolic OH excluding ortho intramolecular Hbond substituents is 1. The second kappa shape index (κ2) is 7.12. The Morgan fingerprint density at radius 1 is 1.20 bits per heavy atom. The molecule has 0 saturated carbocycles. The predicted molar refractivity (Wildman–Crippen MR) is 64.1 cm³/mol. The molecule has 84 valence electrons. The van der Waals surface area contributed by atoms with Gasteiger partial charge < -0.3 is 15.7 Å². The molecule has 3 nitrogen and oxygen atoms in total. The third-order valence-corrected chi connectivity index (χ3v) is 2.26. The molecule has 0 bridgehead atoms. The van der Waals surface area contributed by atoms with Crippen LogP contribution in [0.25, 0.3) is 0 Å². The highest BCUT2D eigenvalue weighted by atomic mass is 16.3. The summed E-state index contributed by atoms with van der Waals surface area (Å²) in [5, 5.41) is 15.9. The molecule has 0 saturated heterocycles. The molecule has 0 aliphatic heterocycles. The Kier molecular flexibility index (Phi) is 5.63. The number of para-hydroxylation sites is 2. The van der Waals surface area contributed by atoms with Crippen LogP contribution in [0.5, 0.6) is 5.75 Å². The Hall–Kier alpha value is -1.22. The van der Waals surface area contributed by atoms with Gasteiger partial charge in [0.2, 0.25) is 0 Å². The van der Waals surface area contributed by atoms with Gasteiger partial charge in [-0.05, 0) is 25.1 Å². The maximum absolute atomic E-state index is 9.46. The lowest BCUT2D eigenvalue weighted by atomic mass is 10.2. The molecular weight excluding hydrogens is 188 g/mol. The van der Waals surface area contributed by atoms with E-state index >= 15 is 0 Å². The van der Waals surface area contributed by atoms with Crippen molar-refractivity contribution >= 4 is 5.69 Å². The number of aromatic hydroxyl groups is 1. The maximum atomic E-state index is 9.46. The van der Waals surface area contributed by atoms with Gasteiger partial charge in [0.25, 0.3) is 0 Å². The molecule has 1 rings (SSSR count). The van der Waals surface area contributed by atoms with Crippen molar-refractivity contribution < 1.29 is 5.11 Å². The van der Waals surface area contributed by atoms with E-state index in [4.69, 9.17) is 0 Å². The number of nitrogens with one attached hydrogen (secondary N) is 2. The maximum Gasteiger partial charge on any atom is 0.138 e. The summed E-state index contributed by atoms with van der Waals surface area (Å²) in [5.74, 6) is 0.299. The molecule has 0 aromatic heterocycles. The lowest BCUT2D eigenvalue weighted by molar-refractivity contribution is 0.477. The van der Waals surface area contributed by atoms with E-state index in [0.717, 1.165) is 12.2 Å². The van der Waals surface area contributed by atoms with Crippen molar-refractivity contribution in [1.29, 1.82) is 0 Å². The summed E-state index contributed by atoms with van der Waals surface area (Å²) < 4.78 is 0. The molecule has 1 aromatic rings. The van der Waals surface area contributed by atoms with Crippen LogP contribution in [0.2, 0.25) is 0 Å². The van der Waals surface area contributed by atoms with Crippen LogP contribution in [0, 0.1) is 0 Å². The van der Waals surface area contributed by atoms with Crippen LogP contribution in [0.3, 0.4) is 0 Å². The molecule has 0 radical (unpaired) electrons. The molecular formula is C12H20N2O. The standard InChI is InChI=1S/C12H20N2O/c1-2-3-6-9-13-10-14-11-7-4-5-8-12(11)15/h4-5,7-8,13-15H,2-3,6,9-10H2,1H3. The summed E-state index contributed by atoms with van der Waals surface area (Å²) in [6, 6.07) is 7.26. The quantitative estimate of drug-likeness (QED) is 0.366. The van der Waals surface area contributed by atoms with Crippen molar-refractivity contribution in [1.82, 2.24) is 5.32 Å². The van der Waals surface area contributed by atoms with Crippen molar-refractivity contribution in [2.45, 2.75) is 26.2 Å². The molecule has 0 fully saturated rings. The Bertz CT molecular complexity index is 276. The second-order valence-corrected chi connectivity index (χ2v) is 3.58. The molecule has 0 spiro atoms. The molecule has 0 unspecified atom stereocenters. The first kappa shape index (κ1) is 11.9. The van der Waals surface area contributed by atoms with E-state index < -0.39 is 0 Å². The third-order valence-electron chi connectivity index (χ3n) is 2.26. The van der Waals surface area contributed by atoms with Gasteiger partial charge in [-0.1, -0.05) is 31.9 Å². The monoisotopic (exact) mass is 208 g/mol. The van der Waals surface area contributed by atoms with Gasteiger partial charge in [0, 0.05) is 0 Å². The fourth-order valence-corrected chi connectivity index (χ4v) is 1.37. The summed E-state index contributed by atoms with van der Waals surface area (Å²) in [6.45, 7) is 3.91. The van der Waals surface area contributed by atoms with Gasteiger partial charge in [-0.25, -0.2) is 0 Å². The first-order valence-electron chi connectivity index (χ1n) is 5.57. The van der Waals surface area contributed by atoms with E-state index in [9.17, 15) is 5.11 Å². The third kappa shape index (κ3) is 4.70. The average Bonchev–Trinajstić information content (AvgIpc) is 2.25. The molecule has 0 aliphatic rings. The minimum absolute atomic E-state index is 0.299. The van der Waals surface area contributed by atoms with Crippen LogP contribution in [0.4, 0.5) is 5.69 Å². The summed E-state index contributed by atoms with van der Waals surface area (Å²) >= 11 is 0. The lowest BCUT2D eigenvalue weighted by Gasteiger charge is -2.09. The number of anilines is 1. The van der Waals surface area contributed by atoms with Crippen molar-refractivity contribution in [2.75, 3.05) is 18.5 Å². The molecule has 3 heteroatoms. The molecule has 1 aromatic carbocycles. The zero-order valence-electron chi connectivity index (χ0n) is 9.29. The summed E-state index contributed by atoms with van der Waals surface area (Å²) in [4.78, 5) is 0. The highest BCUT2D eigenvalue weighted by Crippen LogP contribution is 2.20. The Balaban J connectivity index is 2.12. The zero-order valence-corrected chi connectivity index (χ0v) is 9.29. The second-order valence-electron chi connectivity index (χ2n) is 3.58. The zero-order chi connectivity index (χ0) is 10.9. The number of phenols is 1. The average molecular weight is 208 g/mol. The molecule has 0 amide bonds. The minimum Gasteiger partial charge on any atom is -0.506 e. The van der Waals surface area contributed by atoms with Crippen LogP contribution in [0.1, 0.15) is 26.2 Å². The SMILES string of the molecule is CCCCCNCNc1ccccc1O. The van der Waals surface area contributed by atoms with E-state index in [2.05, 4.69) is 17.6 Å². The van der Waals surface area contributed by atoms with E-state index in [1.807, 2.05) is 18.2 Å². The van der Waals surface area contributed by atoms with E-state index in [1.54, 1.807) is 6.07 Å². The van der Waals surface area contributed by atoms with Gasteiger partial charge in [-0.15, -0.1) is 0 Å². The fraction of sp³-hybridized carbons (Fsp3) is 0.500. The van der Waals surface area contributed by atoms with Crippen LogP contribution in [-0.2, 0) is 0 Å². The van der Waals surface area contributed by atoms with Gasteiger partial charge in [-0.2, -0.15) is 0 Å². The van der Waals surface area contributed by atoms with Crippen LogP contribution in [-0.4, -0.2) is 18.3 Å². The first-order valence-corrected chi connectivity index (χ1v) is 5.57. The lowest BCUT2D eigenvalue weighted by Crippen LogP contribution is -2.22. The predicted octanol–water partition coefficient (Wildman–Crippen LogP) is 2.54. The summed E-state index contributed by atoms with van der Waals surface area (Å²) in [6.07, 6.45) is 3.72. The molecule has 0 aliphatic carbocycles. The van der Waals surface area contributed by atoms with Crippen molar-refractivity contribution in [2.24, 2.45) is 0 Å². The van der Waals surface area contributed by atoms with E-state index in [0.29, 0.717) is 12.4 Å². The largest absolute Gasteiger partial charge is 0.506 e. The molecule has 0 atom stereocenters. The van der Waals surface area contributed by atoms with Crippen LogP contribution in [0.15, 0.2) is 24.3 Å². The molecule has 3 N–H and O–H groups in total. The summed E-state index contributed by atoms with van der Waals surface area (Å²) in [5.41, 5.74) is 0.778. The number of unbranched alkanes of at least 4 members (excludes halogenated alkanes) is 2. The molecule has 15 heavy (non-hydrogen) atoms. The van der Waals surface area contributed by atoms with Gasteiger partial charge in [0.05, 0.1) is 12.4 Å². The van der Waals surface area contributed by atoms with Crippen molar-refractivity contribution in [3.63, 3.8) is 0 Å². The molecule has 0 heterocycles. The topological polar surface area (TPSA) is 44.3 Å². The van der Waals surface area contributed by atoms with Crippen LogP contribution < -0.4 is 10.6 Å². The van der Waals surface area contributed by atoms with Crippen LogP contribution >= 0.6 is 0 Å². The number of hydrogen-bond acceptors (Lipinski definition) is 3. The first-order chi connectivity index (χ1) is 7.34.